The zero-order valence-electron chi connectivity index (χ0n) is 16.0. The van der Waals surface area contributed by atoms with Gasteiger partial charge in [-0.15, -0.1) is 0 Å². The Labute approximate surface area is 156 Å². The van der Waals surface area contributed by atoms with Gasteiger partial charge in [0.05, 0.1) is 5.52 Å². The predicted molar refractivity (Wildman–Crippen MR) is 110 cm³/mol. The van der Waals surface area contributed by atoms with Gasteiger partial charge in [0.25, 0.3) is 0 Å². The largest absolute Gasteiger partial charge is 0.356 e. The van der Waals surface area contributed by atoms with Crippen LogP contribution in [0.5, 0.6) is 0 Å². The third-order valence-electron chi connectivity index (χ3n) is 5.25. The van der Waals surface area contributed by atoms with Crippen molar-refractivity contribution < 1.29 is 0 Å². The minimum absolute atomic E-state index is 0.154. The molecular weight excluding hydrogens is 318 g/mol. The van der Waals surface area contributed by atoms with Crippen molar-refractivity contribution in [1.82, 2.24) is 9.97 Å². The summed E-state index contributed by atoms with van der Waals surface area (Å²) in [6, 6.07) is 17.1. The van der Waals surface area contributed by atoms with Crippen molar-refractivity contribution in [2.24, 2.45) is 0 Å². The van der Waals surface area contributed by atoms with Crippen LogP contribution in [0.25, 0.3) is 22.3 Å². The van der Waals surface area contributed by atoms with Gasteiger partial charge in [0.15, 0.2) is 5.82 Å². The highest BCUT2D eigenvalue weighted by Crippen LogP contribution is 2.30. The number of rotatable bonds is 2. The Balaban J connectivity index is 1.80. The molecular formula is C23H27N3. The molecule has 3 heteroatoms. The van der Waals surface area contributed by atoms with Crippen LogP contribution in [0.15, 0.2) is 48.5 Å². The zero-order valence-corrected chi connectivity index (χ0v) is 16.0. The third-order valence-corrected chi connectivity index (χ3v) is 5.25. The van der Waals surface area contributed by atoms with E-state index in [1.165, 1.54) is 24.8 Å². The molecule has 1 aromatic heterocycles. The van der Waals surface area contributed by atoms with Crippen LogP contribution in [0.2, 0.25) is 0 Å². The number of hydrogen-bond acceptors (Lipinski definition) is 3. The molecule has 3 nitrogen and oxygen atoms in total. The Kier molecular flexibility index (Phi) is 4.39. The van der Waals surface area contributed by atoms with Crippen molar-refractivity contribution in [3.8, 4) is 11.4 Å². The summed E-state index contributed by atoms with van der Waals surface area (Å²) in [6.07, 6.45) is 3.81. The summed E-state index contributed by atoms with van der Waals surface area (Å²) in [6.45, 7) is 8.89. The maximum Gasteiger partial charge on any atom is 0.162 e. The van der Waals surface area contributed by atoms with E-state index in [-0.39, 0.29) is 5.41 Å². The van der Waals surface area contributed by atoms with Crippen molar-refractivity contribution in [3.05, 3.63) is 54.1 Å². The van der Waals surface area contributed by atoms with Crippen LogP contribution in [0.4, 0.5) is 5.82 Å². The van der Waals surface area contributed by atoms with E-state index >= 15 is 0 Å². The zero-order chi connectivity index (χ0) is 18.1. The fourth-order valence-electron chi connectivity index (χ4n) is 3.66. The molecule has 0 aliphatic carbocycles. The Morgan fingerprint density at radius 3 is 2.19 bits per heavy atom. The SMILES string of the molecule is CC(C)(C)c1ccc(-c2nc(N3CCCCC3)c3ccccc3n2)cc1. The summed E-state index contributed by atoms with van der Waals surface area (Å²) in [4.78, 5) is 12.3. The first-order chi connectivity index (χ1) is 12.5. The maximum absolute atomic E-state index is 5.00. The van der Waals surface area contributed by atoms with E-state index in [1.54, 1.807) is 0 Å². The lowest BCUT2D eigenvalue weighted by molar-refractivity contribution is 0.575. The molecule has 0 saturated carbocycles. The lowest BCUT2D eigenvalue weighted by Crippen LogP contribution is -2.30. The first-order valence-corrected chi connectivity index (χ1v) is 9.65. The van der Waals surface area contributed by atoms with Crippen LogP contribution in [0.1, 0.15) is 45.6 Å². The Morgan fingerprint density at radius 1 is 0.808 bits per heavy atom. The monoisotopic (exact) mass is 345 g/mol. The normalized spacial score (nSPS) is 15.4. The summed E-state index contributed by atoms with van der Waals surface area (Å²) in [5.74, 6) is 1.91. The minimum atomic E-state index is 0.154. The minimum Gasteiger partial charge on any atom is -0.356 e. The van der Waals surface area contributed by atoms with Crippen LogP contribution < -0.4 is 4.90 Å². The number of benzene rings is 2. The van der Waals surface area contributed by atoms with Crippen LogP contribution in [0, 0.1) is 0 Å². The molecule has 0 unspecified atom stereocenters. The van der Waals surface area contributed by atoms with Crippen molar-refractivity contribution in [2.75, 3.05) is 18.0 Å². The Hall–Kier alpha value is -2.42. The van der Waals surface area contributed by atoms with Crippen molar-refractivity contribution >= 4 is 16.7 Å². The van der Waals surface area contributed by atoms with Crippen LogP contribution in [-0.2, 0) is 5.41 Å². The molecule has 0 bridgehead atoms. The number of anilines is 1. The molecule has 0 atom stereocenters. The van der Waals surface area contributed by atoms with Gasteiger partial charge in [-0.2, -0.15) is 0 Å². The van der Waals surface area contributed by atoms with E-state index in [0.29, 0.717) is 0 Å². The van der Waals surface area contributed by atoms with E-state index in [0.717, 1.165) is 41.2 Å². The quantitative estimate of drug-likeness (QED) is 0.607. The van der Waals surface area contributed by atoms with E-state index in [2.05, 4.69) is 74.2 Å². The number of para-hydroxylation sites is 1. The number of nitrogens with zero attached hydrogens (tertiary/aromatic N) is 3. The van der Waals surface area contributed by atoms with Crippen molar-refractivity contribution in [2.45, 2.75) is 45.4 Å². The number of piperidine rings is 1. The molecule has 4 rings (SSSR count). The van der Waals surface area contributed by atoms with Gasteiger partial charge in [0.1, 0.15) is 5.82 Å². The van der Waals surface area contributed by atoms with Gasteiger partial charge in [-0.25, -0.2) is 9.97 Å². The van der Waals surface area contributed by atoms with Crippen LogP contribution >= 0.6 is 0 Å². The summed E-state index contributed by atoms with van der Waals surface area (Å²) < 4.78 is 0. The van der Waals surface area contributed by atoms with E-state index in [1.807, 2.05) is 0 Å². The second-order valence-electron chi connectivity index (χ2n) is 8.26. The molecule has 1 saturated heterocycles. The molecule has 0 spiro atoms. The highest BCUT2D eigenvalue weighted by molar-refractivity contribution is 5.91. The lowest BCUT2D eigenvalue weighted by Gasteiger charge is -2.29. The number of aromatic nitrogens is 2. The molecule has 2 aromatic carbocycles. The van der Waals surface area contributed by atoms with Crippen LogP contribution in [-0.4, -0.2) is 23.1 Å². The van der Waals surface area contributed by atoms with Gasteiger partial charge in [-0.1, -0.05) is 57.2 Å². The smallest absolute Gasteiger partial charge is 0.162 e. The van der Waals surface area contributed by atoms with E-state index in [4.69, 9.17) is 9.97 Å². The maximum atomic E-state index is 5.00. The number of hydrogen-bond donors (Lipinski definition) is 0. The molecule has 0 radical (unpaired) electrons. The fourth-order valence-corrected chi connectivity index (χ4v) is 3.66. The second kappa shape index (κ2) is 6.71. The molecule has 1 fully saturated rings. The first-order valence-electron chi connectivity index (χ1n) is 9.65. The summed E-state index contributed by atoms with van der Waals surface area (Å²) in [5.41, 5.74) is 3.60. The van der Waals surface area contributed by atoms with Crippen LogP contribution in [0.3, 0.4) is 0 Å². The molecule has 0 N–H and O–H groups in total. The standard InChI is InChI=1S/C23H27N3/c1-23(2,3)18-13-11-17(12-14-18)21-24-20-10-6-5-9-19(20)22(25-21)26-15-7-4-8-16-26/h5-6,9-14H,4,7-8,15-16H2,1-3H3. The highest BCUT2D eigenvalue weighted by atomic mass is 15.2. The molecule has 1 aliphatic rings. The molecule has 0 amide bonds. The topological polar surface area (TPSA) is 29.0 Å². The summed E-state index contributed by atoms with van der Waals surface area (Å²) in [5, 5.41) is 1.16. The highest BCUT2D eigenvalue weighted by Gasteiger charge is 2.18. The molecule has 2 heterocycles. The number of fused-ring (bicyclic) bond motifs is 1. The van der Waals surface area contributed by atoms with Gasteiger partial charge >= 0.3 is 0 Å². The Bertz CT molecular complexity index is 901. The molecule has 134 valence electrons. The van der Waals surface area contributed by atoms with Gasteiger partial charge in [0.2, 0.25) is 0 Å². The van der Waals surface area contributed by atoms with Gasteiger partial charge in [-0.3, -0.25) is 0 Å². The fraction of sp³-hybridized carbons (Fsp3) is 0.391. The summed E-state index contributed by atoms with van der Waals surface area (Å²) >= 11 is 0. The third kappa shape index (κ3) is 3.31. The summed E-state index contributed by atoms with van der Waals surface area (Å²) in [7, 11) is 0. The first kappa shape index (κ1) is 17.0. The average molecular weight is 345 g/mol. The van der Waals surface area contributed by atoms with E-state index in [9.17, 15) is 0 Å². The van der Waals surface area contributed by atoms with Crippen molar-refractivity contribution in [1.29, 1.82) is 0 Å². The molecule has 1 aliphatic heterocycles. The molecule has 3 aromatic rings. The Morgan fingerprint density at radius 2 is 1.50 bits per heavy atom. The van der Waals surface area contributed by atoms with Gasteiger partial charge in [-0.05, 0) is 42.4 Å². The second-order valence-corrected chi connectivity index (χ2v) is 8.26. The van der Waals surface area contributed by atoms with Crippen molar-refractivity contribution in [3.63, 3.8) is 0 Å². The van der Waals surface area contributed by atoms with Gasteiger partial charge in [0, 0.05) is 24.0 Å². The van der Waals surface area contributed by atoms with E-state index < -0.39 is 0 Å². The lowest BCUT2D eigenvalue weighted by atomic mass is 9.87. The average Bonchev–Trinajstić information content (AvgIpc) is 2.67. The predicted octanol–water partition coefficient (Wildman–Crippen LogP) is 5.58. The molecule has 26 heavy (non-hydrogen) atoms. The van der Waals surface area contributed by atoms with Gasteiger partial charge < -0.3 is 4.90 Å².